The van der Waals surface area contributed by atoms with Gasteiger partial charge >= 0.3 is 6.03 Å². The van der Waals surface area contributed by atoms with Gasteiger partial charge in [-0.05, 0) is 38.0 Å². The normalized spacial score (nSPS) is 30.8. The van der Waals surface area contributed by atoms with Crippen LogP contribution in [0.25, 0.3) is 0 Å². The average Bonchev–Trinajstić information content (AvgIpc) is 2.91. The van der Waals surface area contributed by atoms with E-state index in [4.69, 9.17) is 9.47 Å². The van der Waals surface area contributed by atoms with E-state index >= 15 is 0 Å². The van der Waals surface area contributed by atoms with Crippen molar-refractivity contribution in [2.45, 2.75) is 51.7 Å². The second-order valence-corrected chi connectivity index (χ2v) is 7.32. The van der Waals surface area contributed by atoms with E-state index in [9.17, 15) is 4.79 Å². The van der Waals surface area contributed by atoms with Gasteiger partial charge in [-0.3, -0.25) is 0 Å². The molecule has 1 aliphatic carbocycles. The van der Waals surface area contributed by atoms with E-state index in [1.165, 1.54) is 19.3 Å². The Morgan fingerprint density at radius 1 is 1.24 bits per heavy atom. The number of likely N-dealkylation sites (tertiary alicyclic amines) is 1. The summed E-state index contributed by atoms with van der Waals surface area (Å²) >= 11 is 0. The van der Waals surface area contributed by atoms with Crippen molar-refractivity contribution in [2.75, 3.05) is 32.8 Å². The van der Waals surface area contributed by atoms with Crippen molar-refractivity contribution in [3.8, 4) is 0 Å². The minimum Gasteiger partial charge on any atom is -0.347 e. The van der Waals surface area contributed by atoms with Gasteiger partial charge in [0.05, 0.1) is 13.2 Å². The molecule has 1 saturated carbocycles. The van der Waals surface area contributed by atoms with Crippen LogP contribution in [0.3, 0.4) is 0 Å². The Morgan fingerprint density at radius 3 is 2.57 bits per heavy atom. The van der Waals surface area contributed by atoms with Gasteiger partial charge in [-0.2, -0.15) is 0 Å². The third-order valence-electron chi connectivity index (χ3n) is 5.54. The lowest BCUT2D eigenvalue weighted by atomic mass is 9.70. The molecule has 0 spiro atoms. The Bertz CT molecular complexity index is 389. The molecule has 0 radical (unpaired) electrons. The Morgan fingerprint density at radius 2 is 1.95 bits per heavy atom. The average molecular weight is 296 g/mol. The largest absolute Gasteiger partial charge is 0.347 e. The van der Waals surface area contributed by atoms with Gasteiger partial charge in [-0.25, -0.2) is 4.79 Å². The van der Waals surface area contributed by atoms with Crippen LogP contribution in [0.2, 0.25) is 0 Å². The van der Waals surface area contributed by atoms with E-state index < -0.39 is 5.79 Å². The van der Waals surface area contributed by atoms with E-state index in [0.29, 0.717) is 18.6 Å². The maximum Gasteiger partial charge on any atom is 0.317 e. The van der Waals surface area contributed by atoms with Crippen LogP contribution in [0.5, 0.6) is 0 Å². The molecule has 0 aromatic rings. The molecule has 2 saturated heterocycles. The zero-order chi connectivity index (χ0) is 14.9. The van der Waals surface area contributed by atoms with Gasteiger partial charge in [0.1, 0.15) is 0 Å². The second kappa shape index (κ2) is 5.76. The number of ether oxygens (including phenoxy) is 2. The second-order valence-electron chi connectivity index (χ2n) is 7.32. The summed E-state index contributed by atoms with van der Waals surface area (Å²) in [5.41, 5.74) is 0.328. The van der Waals surface area contributed by atoms with E-state index in [-0.39, 0.29) is 11.9 Å². The van der Waals surface area contributed by atoms with Gasteiger partial charge in [-0.15, -0.1) is 0 Å². The molecule has 2 heterocycles. The molecule has 1 N–H and O–H groups in total. The molecule has 1 atom stereocenters. The Kier molecular flexibility index (Phi) is 4.14. The molecule has 0 aromatic carbocycles. The molecule has 21 heavy (non-hydrogen) atoms. The number of urea groups is 1. The first-order chi connectivity index (χ1) is 10.0. The number of amides is 2. The minimum absolute atomic E-state index is 0.0782. The summed E-state index contributed by atoms with van der Waals surface area (Å²) in [7, 11) is 0. The van der Waals surface area contributed by atoms with Gasteiger partial charge in [0, 0.05) is 25.6 Å². The molecule has 2 amide bonds. The smallest absolute Gasteiger partial charge is 0.317 e. The van der Waals surface area contributed by atoms with Crippen LogP contribution in [0.15, 0.2) is 0 Å². The van der Waals surface area contributed by atoms with E-state index in [1.807, 2.05) is 11.8 Å². The molecule has 2 aliphatic heterocycles. The standard InChI is InChI=1S/C16H28N2O3/c1-15(6-4-7-15)12-17-14(19)18-8-3-5-13(11-18)16(2)20-9-10-21-16/h13H,3-12H2,1-2H3,(H,17,19). The molecule has 1 unspecified atom stereocenters. The van der Waals surface area contributed by atoms with Crippen LogP contribution in [-0.4, -0.2) is 49.6 Å². The third-order valence-corrected chi connectivity index (χ3v) is 5.54. The highest BCUT2D eigenvalue weighted by Gasteiger charge is 2.42. The first kappa shape index (κ1) is 15.1. The number of hydrogen-bond acceptors (Lipinski definition) is 3. The summed E-state index contributed by atoms with van der Waals surface area (Å²) in [6, 6.07) is 0.0782. The first-order valence-corrected chi connectivity index (χ1v) is 8.32. The molecule has 5 nitrogen and oxygen atoms in total. The summed E-state index contributed by atoms with van der Waals surface area (Å²) in [5.74, 6) is -0.224. The minimum atomic E-state index is -0.501. The molecule has 0 aromatic heterocycles. The first-order valence-electron chi connectivity index (χ1n) is 8.32. The van der Waals surface area contributed by atoms with Crippen molar-refractivity contribution in [3.05, 3.63) is 0 Å². The Balaban J connectivity index is 1.51. The maximum atomic E-state index is 12.4. The highest BCUT2D eigenvalue weighted by Crippen LogP contribution is 2.39. The fourth-order valence-corrected chi connectivity index (χ4v) is 3.71. The topological polar surface area (TPSA) is 50.8 Å². The summed E-state index contributed by atoms with van der Waals surface area (Å²) in [4.78, 5) is 14.3. The van der Waals surface area contributed by atoms with Crippen LogP contribution < -0.4 is 5.32 Å². The third kappa shape index (κ3) is 3.19. The number of hydrogen-bond donors (Lipinski definition) is 1. The molecule has 5 heteroatoms. The van der Waals surface area contributed by atoms with Gasteiger partial charge in [0.2, 0.25) is 0 Å². The van der Waals surface area contributed by atoms with E-state index in [2.05, 4.69) is 12.2 Å². The molecule has 3 rings (SSSR count). The van der Waals surface area contributed by atoms with E-state index in [1.54, 1.807) is 0 Å². The van der Waals surface area contributed by atoms with Gasteiger partial charge < -0.3 is 19.7 Å². The van der Waals surface area contributed by atoms with Crippen LogP contribution in [0.4, 0.5) is 4.79 Å². The van der Waals surface area contributed by atoms with Gasteiger partial charge in [0.15, 0.2) is 5.79 Å². The predicted molar refractivity (Wildman–Crippen MR) is 80.0 cm³/mol. The zero-order valence-electron chi connectivity index (χ0n) is 13.3. The van der Waals surface area contributed by atoms with Gasteiger partial charge in [-0.1, -0.05) is 13.3 Å². The molecule has 0 bridgehead atoms. The van der Waals surface area contributed by atoms with Crippen LogP contribution >= 0.6 is 0 Å². The van der Waals surface area contributed by atoms with Crippen molar-refractivity contribution in [3.63, 3.8) is 0 Å². The summed E-state index contributed by atoms with van der Waals surface area (Å²) in [6.07, 6.45) is 5.85. The molecular formula is C16H28N2O3. The quantitative estimate of drug-likeness (QED) is 0.870. The number of piperidine rings is 1. The number of rotatable bonds is 3. The maximum absolute atomic E-state index is 12.4. The fourth-order valence-electron chi connectivity index (χ4n) is 3.71. The number of carbonyl (C=O) groups is 1. The lowest BCUT2D eigenvalue weighted by molar-refractivity contribution is -0.189. The molecular weight excluding hydrogens is 268 g/mol. The fraction of sp³-hybridized carbons (Fsp3) is 0.938. The molecule has 3 aliphatic rings. The van der Waals surface area contributed by atoms with Crippen LogP contribution in [0, 0.1) is 11.3 Å². The van der Waals surface area contributed by atoms with Gasteiger partial charge in [0.25, 0.3) is 0 Å². The number of carbonyl (C=O) groups excluding carboxylic acids is 1. The van der Waals surface area contributed by atoms with Crippen molar-refractivity contribution in [1.82, 2.24) is 10.2 Å². The highest BCUT2D eigenvalue weighted by molar-refractivity contribution is 5.74. The van der Waals surface area contributed by atoms with Crippen molar-refractivity contribution in [2.24, 2.45) is 11.3 Å². The van der Waals surface area contributed by atoms with Crippen LogP contribution in [-0.2, 0) is 9.47 Å². The monoisotopic (exact) mass is 296 g/mol. The Labute approximate surface area is 127 Å². The van der Waals surface area contributed by atoms with Crippen LogP contribution in [0.1, 0.15) is 46.0 Å². The highest BCUT2D eigenvalue weighted by atomic mass is 16.7. The predicted octanol–water partition coefficient (Wildman–Crippen LogP) is 2.36. The Hall–Kier alpha value is -0.810. The summed E-state index contributed by atoms with van der Waals surface area (Å²) in [5, 5.41) is 3.12. The van der Waals surface area contributed by atoms with Crippen molar-refractivity contribution in [1.29, 1.82) is 0 Å². The summed E-state index contributed by atoms with van der Waals surface area (Å²) in [6.45, 7) is 7.99. The molecule has 3 fully saturated rings. The molecule has 120 valence electrons. The zero-order valence-corrected chi connectivity index (χ0v) is 13.3. The summed E-state index contributed by atoms with van der Waals surface area (Å²) < 4.78 is 11.5. The number of nitrogens with one attached hydrogen (secondary N) is 1. The lowest BCUT2D eigenvalue weighted by Crippen LogP contribution is -2.52. The van der Waals surface area contributed by atoms with E-state index in [0.717, 1.165) is 32.5 Å². The SMILES string of the molecule is CC1(CNC(=O)N2CCCC(C3(C)OCCO3)C2)CCC1. The lowest BCUT2D eigenvalue weighted by Gasteiger charge is -2.41. The van der Waals surface area contributed by atoms with Crippen molar-refractivity contribution >= 4 is 6.03 Å². The van der Waals surface area contributed by atoms with Crippen molar-refractivity contribution < 1.29 is 14.3 Å². The number of nitrogens with zero attached hydrogens (tertiary/aromatic N) is 1.